The fraction of sp³-hybridized carbons (Fsp3) is 1.00. The molecule has 0 radical (unpaired) electrons. The van der Waals surface area contributed by atoms with Gasteiger partial charge in [0.1, 0.15) is 0 Å². The van der Waals surface area contributed by atoms with Gasteiger partial charge in [0.05, 0.1) is 6.10 Å². The Kier molecular flexibility index (Phi) is 7.97. The molecule has 108 valence electrons. The molecule has 0 aromatic rings. The Morgan fingerprint density at radius 2 is 0.944 bits per heavy atom. The fourth-order valence-electron chi connectivity index (χ4n) is 3.19. The summed E-state index contributed by atoms with van der Waals surface area (Å²) < 4.78 is 0. The molecule has 0 bridgehead atoms. The third kappa shape index (κ3) is 6.22. The minimum Gasteiger partial charge on any atom is -0.393 e. The van der Waals surface area contributed by atoms with Gasteiger partial charge < -0.3 is 5.11 Å². The van der Waals surface area contributed by atoms with Crippen LogP contribution in [0.15, 0.2) is 0 Å². The van der Waals surface area contributed by atoms with Crippen LogP contribution in [-0.2, 0) is 0 Å². The van der Waals surface area contributed by atoms with Crippen LogP contribution in [0, 0.1) is 5.41 Å². The zero-order chi connectivity index (χ0) is 13.3. The molecule has 1 unspecified atom stereocenters. The molecular formula is C17H34O. The lowest BCUT2D eigenvalue weighted by Crippen LogP contribution is -2.30. The van der Waals surface area contributed by atoms with E-state index in [9.17, 15) is 5.11 Å². The van der Waals surface area contributed by atoms with E-state index in [4.69, 9.17) is 0 Å². The van der Waals surface area contributed by atoms with E-state index < -0.39 is 0 Å². The van der Waals surface area contributed by atoms with E-state index in [2.05, 4.69) is 6.92 Å². The van der Waals surface area contributed by atoms with Gasteiger partial charge >= 0.3 is 0 Å². The summed E-state index contributed by atoms with van der Waals surface area (Å²) in [5.41, 5.74) is 0.171. The lowest BCUT2D eigenvalue weighted by atomic mass is 9.75. The van der Waals surface area contributed by atoms with Crippen LogP contribution < -0.4 is 0 Å². The van der Waals surface area contributed by atoms with Crippen molar-refractivity contribution in [3.63, 3.8) is 0 Å². The monoisotopic (exact) mass is 254 g/mol. The van der Waals surface area contributed by atoms with Crippen LogP contribution in [-0.4, -0.2) is 11.2 Å². The Hall–Kier alpha value is -0.0400. The molecule has 0 aromatic heterocycles. The van der Waals surface area contributed by atoms with E-state index in [1.165, 1.54) is 83.5 Å². The van der Waals surface area contributed by atoms with Crippen molar-refractivity contribution in [2.45, 2.75) is 103 Å². The zero-order valence-electron chi connectivity index (χ0n) is 12.7. The zero-order valence-corrected chi connectivity index (χ0v) is 12.7. The highest BCUT2D eigenvalue weighted by Crippen LogP contribution is 2.35. The van der Waals surface area contributed by atoms with E-state index in [0.717, 1.165) is 0 Å². The summed E-state index contributed by atoms with van der Waals surface area (Å²) in [7, 11) is 0. The van der Waals surface area contributed by atoms with Crippen molar-refractivity contribution in [1.29, 1.82) is 0 Å². The van der Waals surface area contributed by atoms with Crippen molar-refractivity contribution >= 4 is 0 Å². The molecule has 1 aliphatic carbocycles. The molecule has 18 heavy (non-hydrogen) atoms. The third-order valence-corrected chi connectivity index (χ3v) is 5.00. The largest absolute Gasteiger partial charge is 0.393 e. The molecule has 0 spiro atoms. The third-order valence-electron chi connectivity index (χ3n) is 5.00. The van der Waals surface area contributed by atoms with Gasteiger partial charge in [-0.2, -0.15) is 0 Å². The van der Waals surface area contributed by atoms with Gasteiger partial charge in [0.25, 0.3) is 0 Å². The first-order valence-corrected chi connectivity index (χ1v) is 8.33. The standard InChI is InChI=1S/C17H34O/c1-16(18)17(2)14-12-10-8-6-4-3-5-7-9-11-13-15-17/h16,18H,3-15H2,1-2H3. The van der Waals surface area contributed by atoms with Crippen molar-refractivity contribution in [2.24, 2.45) is 5.41 Å². The van der Waals surface area contributed by atoms with Gasteiger partial charge in [-0.3, -0.25) is 0 Å². The summed E-state index contributed by atoms with van der Waals surface area (Å²) in [5, 5.41) is 10.0. The van der Waals surface area contributed by atoms with Crippen LogP contribution >= 0.6 is 0 Å². The highest BCUT2D eigenvalue weighted by atomic mass is 16.3. The molecule has 1 nitrogen and oxygen atoms in total. The summed E-state index contributed by atoms with van der Waals surface area (Å²) in [6.45, 7) is 4.28. The van der Waals surface area contributed by atoms with E-state index >= 15 is 0 Å². The van der Waals surface area contributed by atoms with Gasteiger partial charge in [0.2, 0.25) is 0 Å². The van der Waals surface area contributed by atoms with Gasteiger partial charge in [-0.25, -0.2) is 0 Å². The molecule has 1 rings (SSSR count). The topological polar surface area (TPSA) is 20.2 Å². The van der Waals surface area contributed by atoms with Crippen LogP contribution in [0.5, 0.6) is 0 Å². The van der Waals surface area contributed by atoms with Gasteiger partial charge in [-0.05, 0) is 25.2 Å². The number of rotatable bonds is 1. The first kappa shape index (κ1) is 16.0. The predicted molar refractivity (Wildman–Crippen MR) is 79.8 cm³/mol. The van der Waals surface area contributed by atoms with Crippen LogP contribution in [0.1, 0.15) is 97.3 Å². The molecule has 0 saturated heterocycles. The summed E-state index contributed by atoms with van der Waals surface area (Å²) in [4.78, 5) is 0. The molecule has 1 aliphatic rings. The first-order valence-electron chi connectivity index (χ1n) is 8.33. The van der Waals surface area contributed by atoms with E-state index in [1.807, 2.05) is 6.92 Å². The van der Waals surface area contributed by atoms with Crippen LogP contribution in [0.25, 0.3) is 0 Å². The minimum atomic E-state index is -0.148. The van der Waals surface area contributed by atoms with Crippen LogP contribution in [0.2, 0.25) is 0 Å². The van der Waals surface area contributed by atoms with Gasteiger partial charge in [0, 0.05) is 0 Å². The average molecular weight is 254 g/mol. The first-order chi connectivity index (χ1) is 8.65. The summed E-state index contributed by atoms with van der Waals surface area (Å²) in [6, 6.07) is 0. The Bertz CT molecular complexity index is 184. The smallest absolute Gasteiger partial charge is 0.0565 e. The lowest BCUT2D eigenvalue weighted by molar-refractivity contribution is 0.0345. The van der Waals surface area contributed by atoms with Gasteiger partial charge in [-0.15, -0.1) is 0 Å². The summed E-state index contributed by atoms with van der Waals surface area (Å²) in [6.07, 6.45) is 17.6. The van der Waals surface area contributed by atoms with E-state index in [-0.39, 0.29) is 11.5 Å². The maximum absolute atomic E-state index is 10.0. The second-order valence-corrected chi connectivity index (χ2v) is 6.72. The number of hydrogen-bond donors (Lipinski definition) is 1. The minimum absolute atomic E-state index is 0.148. The SMILES string of the molecule is CC(O)C1(C)CCCCCCCCCCCCC1. The highest BCUT2D eigenvalue weighted by Gasteiger charge is 2.28. The van der Waals surface area contributed by atoms with E-state index in [0.29, 0.717) is 0 Å². The van der Waals surface area contributed by atoms with Crippen LogP contribution in [0.4, 0.5) is 0 Å². The van der Waals surface area contributed by atoms with Gasteiger partial charge in [0.15, 0.2) is 0 Å². The molecule has 1 fully saturated rings. The fourth-order valence-corrected chi connectivity index (χ4v) is 3.19. The van der Waals surface area contributed by atoms with Crippen LogP contribution in [0.3, 0.4) is 0 Å². The highest BCUT2D eigenvalue weighted by molar-refractivity contribution is 4.79. The Balaban J connectivity index is 2.39. The summed E-state index contributed by atoms with van der Waals surface area (Å²) >= 11 is 0. The molecule has 0 heterocycles. The molecule has 0 aliphatic heterocycles. The van der Waals surface area contributed by atoms with Gasteiger partial charge in [-0.1, -0.05) is 77.6 Å². The molecule has 0 aromatic carbocycles. The number of aliphatic hydroxyl groups excluding tert-OH is 1. The van der Waals surface area contributed by atoms with Crippen molar-refractivity contribution in [1.82, 2.24) is 0 Å². The van der Waals surface area contributed by atoms with Crippen molar-refractivity contribution in [3.05, 3.63) is 0 Å². The molecule has 1 N–H and O–H groups in total. The maximum atomic E-state index is 10.0. The predicted octanol–water partition coefficient (Wildman–Crippen LogP) is 5.46. The summed E-state index contributed by atoms with van der Waals surface area (Å²) in [5.74, 6) is 0. The molecule has 1 atom stereocenters. The normalized spacial score (nSPS) is 26.2. The second-order valence-electron chi connectivity index (χ2n) is 6.72. The number of aliphatic hydroxyl groups is 1. The molecule has 1 heteroatoms. The number of hydrogen-bond acceptors (Lipinski definition) is 1. The average Bonchev–Trinajstić information content (AvgIpc) is 2.34. The molecule has 0 amide bonds. The Morgan fingerprint density at radius 1 is 0.667 bits per heavy atom. The Labute approximate surface area is 114 Å². The molecular weight excluding hydrogens is 220 g/mol. The van der Waals surface area contributed by atoms with Crippen molar-refractivity contribution in [2.75, 3.05) is 0 Å². The maximum Gasteiger partial charge on any atom is 0.0565 e. The second kappa shape index (κ2) is 8.96. The quantitative estimate of drug-likeness (QED) is 0.659. The van der Waals surface area contributed by atoms with Crippen molar-refractivity contribution < 1.29 is 5.11 Å². The van der Waals surface area contributed by atoms with Crippen molar-refractivity contribution in [3.8, 4) is 0 Å². The lowest BCUT2D eigenvalue weighted by Gasteiger charge is -2.33. The van der Waals surface area contributed by atoms with E-state index in [1.54, 1.807) is 0 Å². The molecule has 1 saturated carbocycles. The Morgan fingerprint density at radius 3 is 1.22 bits per heavy atom.